The topological polar surface area (TPSA) is 75.4 Å². The van der Waals surface area contributed by atoms with Crippen molar-refractivity contribution in [1.29, 1.82) is 0 Å². The second kappa shape index (κ2) is 6.62. The molecule has 136 valence electrons. The van der Waals surface area contributed by atoms with Crippen molar-refractivity contribution >= 4 is 17.4 Å². The molecule has 0 saturated carbocycles. The first-order valence-electron chi connectivity index (χ1n) is 7.61. The molecule has 0 aliphatic rings. The Morgan fingerprint density at radius 1 is 1.15 bits per heavy atom. The molecule has 3 aromatic rings. The summed E-state index contributed by atoms with van der Waals surface area (Å²) in [6.45, 7) is 0.399. The van der Waals surface area contributed by atoms with Gasteiger partial charge >= 0.3 is 6.18 Å². The number of carbonyl (C=O) groups excluding carboxylic acids is 1. The zero-order valence-corrected chi connectivity index (χ0v) is 13.9. The summed E-state index contributed by atoms with van der Waals surface area (Å²) in [6, 6.07) is 9.91. The number of halogens is 3. The van der Waals surface area contributed by atoms with E-state index >= 15 is 0 Å². The third kappa shape index (κ3) is 3.44. The first kappa shape index (κ1) is 17.6. The highest BCUT2D eigenvalue weighted by Gasteiger charge is 2.37. The van der Waals surface area contributed by atoms with E-state index in [4.69, 9.17) is 0 Å². The molecule has 0 saturated heterocycles. The highest BCUT2D eigenvalue weighted by molar-refractivity contribution is 5.93. The average molecular weight is 364 g/mol. The van der Waals surface area contributed by atoms with Crippen molar-refractivity contribution < 1.29 is 18.0 Å². The molecular formula is C16H15F3N6O. The summed E-state index contributed by atoms with van der Waals surface area (Å²) in [5, 5.41) is 13.2. The number of nitrogens with zero attached hydrogens (tertiary/aromatic N) is 5. The molecule has 1 amide bonds. The molecular weight excluding hydrogens is 349 g/mol. The van der Waals surface area contributed by atoms with E-state index < -0.39 is 12.0 Å². The highest BCUT2D eigenvalue weighted by Crippen LogP contribution is 2.28. The lowest BCUT2D eigenvalue weighted by Crippen LogP contribution is -2.20. The monoisotopic (exact) mass is 364 g/mol. The summed E-state index contributed by atoms with van der Waals surface area (Å²) in [5.41, 5.74) is 1.42. The van der Waals surface area contributed by atoms with Crippen LogP contribution >= 0.6 is 0 Å². The number of anilines is 1. The van der Waals surface area contributed by atoms with Crippen LogP contribution in [-0.4, -0.2) is 39.8 Å². The SMILES string of the molecule is CNC(=O)c1ccc(CN(C)c2ccc3nnc(C(F)(F)F)n3n2)cc1. The molecule has 26 heavy (non-hydrogen) atoms. The van der Waals surface area contributed by atoms with Gasteiger partial charge in [0.25, 0.3) is 11.7 Å². The Labute approximate surface area is 146 Å². The second-order valence-electron chi connectivity index (χ2n) is 5.62. The highest BCUT2D eigenvalue weighted by atomic mass is 19.4. The fourth-order valence-electron chi connectivity index (χ4n) is 2.42. The molecule has 3 rings (SSSR count). The number of hydrogen-bond acceptors (Lipinski definition) is 5. The first-order valence-corrected chi connectivity index (χ1v) is 7.61. The van der Waals surface area contributed by atoms with Crippen LogP contribution in [0, 0.1) is 0 Å². The van der Waals surface area contributed by atoms with Crippen molar-refractivity contribution in [3.63, 3.8) is 0 Å². The van der Waals surface area contributed by atoms with Crippen LogP contribution in [0.2, 0.25) is 0 Å². The molecule has 1 aromatic carbocycles. The van der Waals surface area contributed by atoms with Gasteiger partial charge in [-0.3, -0.25) is 4.79 Å². The molecule has 2 aromatic heterocycles. The number of carbonyl (C=O) groups is 1. The number of fused-ring (bicyclic) bond motifs is 1. The lowest BCUT2D eigenvalue weighted by atomic mass is 10.1. The molecule has 0 spiro atoms. The molecule has 0 radical (unpaired) electrons. The summed E-state index contributed by atoms with van der Waals surface area (Å²) in [4.78, 5) is 13.2. The number of amides is 1. The van der Waals surface area contributed by atoms with Crippen LogP contribution in [0.3, 0.4) is 0 Å². The Morgan fingerprint density at radius 2 is 1.85 bits per heavy atom. The van der Waals surface area contributed by atoms with Crippen molar-refractivity contribution in [3.8, 4) is 0 Å². The minimum atomic E-state index is -4.64. The average Bonchev–Trinajstić information content (AvgIpc) is 3.05. The maximum atomic E-state index is 13.0. The van der Waals surface area contributed by atoms with Crippen molar-refractivity contribution in [2.45, 2.75) is 12.7 Å². The fourth-order valence-corrected chi connectivity index (χ4v) is 2.42. The van der Waals surface area contributed by atoms with E-state index in [1.165, 1.54) is 6.07 Å². The summed E-state index contributed by atoms with van der Waals surface area (Å²) >= 11 is 0. The van der Waals surface area contributed by atoms with E-state index in [0.717, 1.165) is 5.56 Å². The fraction of sp³-hybridized carbons (Fsp3) is 0.250. The summed E-state index contributed by atoms with van der Waals surface area (Å²) in [7, 11) is 3.25. The number of aromatic nitrogens is 4. The minimum absolute atomic E-state index is 0.0180. The maximum absolute atomic E-state index is 13.0. The van der Waals surface area contributed by atoms with Crippen molar-refractivity contribution in [1.82, 2.24) is 25.1 Å². The van der Waals surface area contributed by atoms with Crippen molar-refractivity contribution in [2.75, 3.05) is 19.0 Å². The molecule has 7 nitrogen and oxygen atoms in total. The van der Waals surface area contributed by atoms with Crippen LogP contribution in [-0.2, 0) is 12.7 Å². The molecule has 0 bridgehead atoms. The Balaban J connectivity index is 1.83. The molecule has 0 unspecified atom stereocenters. The van der Waals surface area contributed by atoms with Gasteiger partial charge in [0.05, 0.1) is 0 Å². The van der Waals surface area contributed by atoms with Crippen LogP contribution in [0.5, 0.6) is 0 Å². The van der Waals surface area contributed by atoms with Gasteiger partial charge in [-0.1, -0.05) is 12.1 Å². The number of rotatable bonds is 4. The Hall–Kier alpha value is -3.17. The standard InChI is InChI=1S/C16H15F3N6O/c1-20-14(26)11-5-3-10(4-6-11)9-24(2)13-8-7-12-21-22-15(16(17,18)19)25(12)23-13/h3-8H,9H2,1-2H3,(H,20,26). The van der Waals surface area contributed by atoms with E-state index in [-0.39, 0.29) is 11.6 Å². The largest absolute Gasteiger partial charge is 0.453 e. The molecule has 2 heterocycles. The van der Waals surface area contributed by atoms with Crippen molar-refractivity contribution in [2.24, 2.45) is 0 Å². The molecule has 0 aliphatic carbocycles. The van der Waals surface area contributed by atoms with Crippen LogP contribution in [0.25, 0.3) is 5.65 Å². The number of benzene rings is 1. The number of hydrogen-bond donors (Lipinski definition) is 1. The molecule has 0 atom stereocenters. The van der Waals surface area contributed by atoms with Gasteiger partial charge in [-0.2, -0.15) is 17.7 Å². The molecule has 10 heteroatoms. The molecule has 0 fully saturated rings. The van der Waals surface area contributed by atoms with Gasteiger partial charge in [0.2, 0.25) is 0 Å². The van der Waals surface area contributed by atoms with Gasteiger partial charge in [0.15, 0.2) is 5.65 Å². The third-order valence-electron chi connectivity index (χ3n) is 3.76. The first-order chi connectivity index (χ1) is 12.3. The number of alkyl halides is 3. The van der Waals surface area contributed by atoms with Gasteiger partial charge in [-0.25, -0.2) is 0 Å². The Kier molecular flexibility index (Phi) is 4.49. The summed E-state index contributed by atoms with van der Waals surface area (Å²) < 4.78 is 39.5. The maximum Gasteiger partial charge on any atom is 0.453 e. The van der Waals surface area contributed by atoms with Gasteiger partial charge in [0.1, 0.15) is 5.82 Å². The molecule has 1 N–H and O–H groups in total. The van der Waals surface area contributed by atoms with Crippen molar-refractivity contribution in [3.05, 3.63) is 53.3 Å². The van der Waals surface area contributed by atoms with Crippen LogP contribution in [0.15, 0.2) is 36.4 Å². The van der Waals surface area contributed by atoms with Gasteiger partial charge in [0, 0.05) is 26.2 Å². The minimum Gasteiger partial charge on any atom is -0.355 e. The summed E-state index contributed by atoms with van der Waals surface area (Å²) in [6.07, 6.45) is -4.64. The van der Waals surface area contributed by atoms with Crippen LogP contribution < -0.4 is 10.2 Å². The smallest absolute Gasteiger partial charge is 0.355 e. The second-order valence-corrected chi connectivity index (χ2v) is 5.62. The quantitative estimate of drug-likeness (QED) is 0.768. The number of nitrogens with one attached hydrogen (secondary N) is 1. The molecule has 0 aliphatic heterocycles. The van der Waals surface area contributed by atoms with E-state index in [1.807, 2.05) is 0 Å². The van der Waals surface area contributed by atoms with E-state index in [1.54, 1.807) is 49.3 Å². The lowest BCUT2D eigenvalue weighted by Gasteiger charge is -2.18. The van der Waals surface area contributed by atoms with E-state index in [0.29, 0.717) is 22.4 Å². The van der Waals surface area contributed by atoms with E-state index in [9.17, 15) is 18.0 Å². The lowest BCUT2D eigenvalue weighted by molar-refractivity contribution is -0.146. The van der Waals surface area contributed by atoms with Crippen LogP contribution in [0.4, 0.5) is 19.0 Å². The predicted octanol–water partition coefficient (Wildman–Crippen LogP) is 2.14. The third-order valence-corrected chi connectivity index (χ3v) is 3.76. The van der Waals surface area contributed by atoms with E-state index in [2.05, 4.69) is 20.6 Å². The Bertz CT molecular complexity index is 935. The van der Waals surface area contributed by atoms with Gasteiger partial charge < -0.3 is 10.2 Å². The summed E-state index contributed by atoms with van der Waals surface area (Å²) in [5.74, 6) is -1.03. The van der Waals surface area contributed by atoms with Gasteiger partial charge in [-0.15, -0.1) is 15.3 Å². The predicted molar refractivity (Wildman–Crippen MR) is 87.7 cm³/mol. The normalized spacial score (nSPS) is 11.6. The zero-order chi connectivity index (χ0) is 18.9. The Morgan fingerprint density at radius 3 is 2.46 bits per heavy atom. The van der Waals surface area contributed by atoms with Crippen LogP contribution in [0.1, 0.15) is 21.7 Å². The zero-order valence-electron chi connectivity index (χ0n) is 13.9. The van der Waals surface area contributed by atoms with Gasteiger partial charge in [-0.05, 0) is 29.8 Å².